The third-order valence-electron chi connectivity index (χ3n) is 3.64. The van der Waals surface area contributed by atoms with E-state index in [9.17, 15) is 13.2 Å². The number of primary sulfonamides is 1. The van der Waals surface area contributed by atoms with Crippen LogP contribution in [0.1, 0.15) is 43.0 Å². The molecule has 0 bridgehead atoms. The maximum absolute atomic E-state index is 12.2. The molecule has 0 aromatic heterocycles. The van der Waals surface area contributed by atoms with E-state index in [0.29, 0.717) is 5.92 Å². The molecular weight excluding hydrogens is 312 g/mol. The van der Waals surface area contributed by atoms with Gasteiger partial charge in [0, 0.05) is 11.6 Å². The predicted molar refractivity (Wildman–Crippen MR) is 81.7 cm³/mol. The topological polar surface area (TPSA) is 89.3 Å². The molecule has 1 fully saturated rings. The van der Waals surface area contributed by atoms with Crippen molar-refractivity contribution in [2.24, 2.45) is 11.1 Å². The standard InChI is InChI=1S/C14H19ClN2O3S/c1-2-11(7-9-3-4-9)17-14(18)10-5-6-12(15)13(8-10)21(16,19)20/h5-6,8-9,11H,2-4,7H2,1H3,(H,17,18)(H2,16,19,20). The Morgan fingerprint density at radius 2 is 2.14 bits per heavy atom. The van der Waals surface area contributed by atoms with Crippen LogP contribution in [-0.4, -0.2) is 20.4 Å². The van der Waals surface area contributed by atoms with E-state index < -0.39 is 10.0 Å². The molecule has 0 saturated heterocycles. The summed E-state index contributed by atoms with van der Waals surface area (Å²) in [5, 5.41) is 8.03. The highest BCUT2D eigenvalue weighted by molar-refractivity contribution is 7.89. The maximum Gasteiger partial charge on any atom is 0.251 e. The molecule has 2 rings (SSSR count). The first-order chi connectivity index (χ1) is 9.81. The first-order valence-electron chi connectivity index (χ1n) is 6.94. The SMILES string of the molecule is CCC(CC1CC1)NC(=O)c1ccc(Cl)c(S(N)(=O)=O)c1. The Bertz CT molecular complexity index is 642. The van der Waals surface area contributed by atoms with Crippen LogP contribution < -0.4 is 10.5 Å². The fraction of sp³-hybridized carbons (Fsp3) is 0.500. The van der Waals surface area contributed by atoms with Gasteiger partial charge in [-0.05, 0) is 37.0 Å². The van der Waals surface area contributed by atoms with Crippen molar-refractivity contribution in [1.82, 2.24) is 5.32 Å². The lowest BCUT2D eigenvalue weighted by atomic mass is 10.1. The number of rotatable bonds is 6. The number of nitrogens with two attached hydrogens (primary N) is 1. The second-order valence-electron chi connectivity index (χ2n) is 5.45. The smallest absolute Gasteiger partial charge is 0.251 e. The van der Waals surface area contributed by atoms with Crippen LogP contribution in [0.4, 0.5) is 0 Å². The van der Waals surface area contributed by atoms with E-state index in [0.717, 1.165) is 12.8 Å². The van der Waals surface area contributed by atoms with E-state index in [-0.39, 0.29) is 27.4 Å². The van der Waals surface area contributed by atoms with Crippen molar-refractivity contribution >= 4 is 27.5 Å². The fourth-order valence-electron chi connectivity index (χ4n) is 2.21. The molecule has 7 heteroatoms. The van der Waals surface area contributed by atoms with Gasteiger partial charge in [0.05, 0.1) is 5.02 Å². The van der Waals surface area contributed by atoms with Gasteiger partial charge in [-0.3, -0.25) is 4.79 Å². The van der Waals surface area contributed by atoms with Crippen molar-refractivity contribution in [3.8, 4) is 0 Å². The first kappa shape index (κ1) is 16.3. The van der Waals surface area contributed by atoms with Gasteiger partial charge in [-0.25, -0.2) is 13.6 Å². The Labute approximate surface area is 129 Å². The molecule has 0 spiro atoms. The zero-order chi connectivity index (χ0) is 15.6. The summed E-state index contributed by atoms with van der Waals surface area (Å²) in [6, 6.07) is 4.20. The van der Waals surface area contributed by atoms with Crippen LogP contribution in [0.3, 0.4) is 0 Å². The monoisotopic (exact) mass is 330 g/mol. The van der Waals surface area contributed by atoms with E-state index in [1.165, 1.54) is 31.0 Å². The molecular formula is C14H19ClN2O3S. The van der Waals surface area contributed by atoms with Crippen LogP contribution in [0.5, 0.6) is 0 Å². The first-order valence-corrected chi connectivity index (χ1v) is 8.87. The van der Waals surface area contributed by atoms with Crippen molar-refractivity contribution in [3.63, 3.8) is 0 Å². The number of hydrogen-bond acceptors (Lipinski definition) is 3. The van der Waals surface area contributed by atoms with Gasteiger partial charge >= 0.3 is 0 Å². The summed E-state index contributed by atoms with van der Waals surface area (Å²) < 4.78 is 22.8. The quantitative estimate of drug-likeness (QED) is 0.838. The minimum Gasteiger partial charge on any atom is -0.349 e. The lowest BCUT2D eigenvalue weighted by molar-refractivity contribution is 0.0932. The third kappa shape index (κ3) is 4.43. The van der Waals surface area contributed by atoms with Gasteiger partial charge < -0.3 is 5.32 Å². The number of carbonyl (C=O) groups excluding carboxylic acids is 1. The van der Waals surface area contributed by atoms with E-state index in [1.54, 1.807) is 0 Å². The summed E-state index contributed by atoms with van der Waals surface area (Å²) in [6.07, 6.45) is 4.27. The van der Waals surface area contributed by atoms with Crippen LogP contribution in [-0.2, 0) is 10.0 Å². The van der Waals surface area contributed by atoms with Crippen molar-refractivity contribution in [3.05, 3.63) is 28.8 Å². The summed E-state index contributed by atoms with van der Waals surface area (Å²) >= 11 is 5.80. The maximum atomic E-state index is 12.2. The average Bonchev–Trinajstić information content (AvgIpc) is 3.20. The largest absolute Gasteiger partial charge is 0.349 e. The van der Waals surface area contributed by atoms with Gasteiger partial charge in [-0.1, -0.05) is 31.4 Å². The van der Waals surface area contributed by atoms with Crippen molar-refractivity contribution in [2.75, 3.05) is 0 Å². The van der Waals surface area contributed by atoms with Gasteiger partial charge in [-0.2, -0.15) is 0 Å². The highest BCUT2D eigenvalue weighted by Crippen LogP contribution is 2.34. The summed E-state index contributed by atoms with van der Waals surface area (Å²) in [6.45, 7) is 2.02. The minimum absolute atomic E-state index is 0.0130. The number of amides is 1. The zero-order valence-corrected chi connectivity index (χ0v) is 13.4. The average molecular weight is 331 g/mol. The van der Waals surface area contributed by atoms with Crippen molar-refractivity contribution in [1.29, 1.82) is 0 Å². The van der Waals surface area contributed by atoms with E-state index in [2.05, 4.69) is 5.32 Å². The van der Waals surface area contributed by atoms with E-state index >= 15 is 0 Å². The molecule has 1 saturated carbocycles. The molecule has 1 amide bonds. The summed E-state index contributed by atoms with van der Waals surface area (Å²) in [5.41, 5.74) is 0.248. The fourth-order valence-corrected chi connectivity index (χ4v) is 3.29. The number of nitrogens with one attached hydrogen (secondary N) is 1. The molecule has 116 valence electrons. The number of hydrogen-bond donors (Lipinski definition) is 2. The van der Waals surface area contributed by atoms with Crippen LogP contribution >= 0.6 is 11.6 Å². The molecule has 0 radical (unpaired) electrons. The molecule has 0 heterocycles. The summed E-state index contributed by atoms with van der Waals surface area (Å²) in [7, 11) is -3.94. The van der Waals surface area contributed by atoms with Crippen molar-refractivity contribution < 1.29 is 13.2 Å². The van der Waals surface area contributed by atoms with E-state index in [1.807, 2.05) is 6.92 Å². The van der Waals surface area contributed by atoms with Gasteiger partial charge in [0.1, 0.15) is 4.90 Å². The zero-order valence-electron chi connectivity index (χ0n) is 11.8. The highest BCUT2D eigenvalue weighted by atomic mass is 35.5. The molecule has 0 aliphatic heterocycles. The number of carbonyl (C=O) groups is 1. The van der Waals surface area contributed by atoms with Gasteiger partial charge in [0.25, 0.3) is 5.91 Å². The van der Waals surface area contributed by atoms with Crippen LogP contribution in [0.25, 0.3) is 0 Å². The molecule has 5 nitrogen and oxygen atoms in total. The lowest BCUT2D eigenvalue weighted by Crippen LogP contribution is -2.34. The number of benzene rings is 1. The molecule has 3 N–H and O–H groups in total. The number of halogens is 1. The molecule has 1 unspecified atom stereocenters. The Balaban J connectivity index is 2.15. The normalized spacial score (nSPS) is 16.5. The highest BCUT2D eigenvalue weighted by Gasteiger charge is 2.26. The van der Waals surface area contributed by atoms with E-state index in [4.69, 9.17) is 16.7 Å². The summed E-state index contributed by atoms with van der Waals surface area (Å²) in [5.74, 6) is 0.407. The summed E-state index contributed by atoms with van der Waals surface area (Å²) in [4.78, 5) is 12.0. The molecule has 1 aliphatic carbocycles. The second kappa shape index (κ2) is 6.34. The molecule has 1 aliphatic rings. The lowest BCUT2D eigenvalue weighted by Gasteiger charge is -2.17. The Morgan fingerprint density at radius 3 is 2.67 bits per heavy atom. The van der Waals surface area contributed by atoms with Crippen LogP contribution in [0.15, 0.2) is 23.1 Å². The number of sulfonamides is 1. The van der Waals surface area contributed by atoms with Gasteiger partial charge in [0.2, 0.25) is 10.0 Å². The molecule has 1 aromatic carbocycles. The minimum atomic E-state index is -3.94. The Morgan fingerprint density at radius 1 is 1.48 bits per heavy atom. The van der Waals surface area contributed by atoms with Crippen molar-refractivity contribution in [2.45, 2.75) is 43.5 Å². The molecule has 21 heavy (non-hydrogen) atoms. The van der Waals surface area contributed by atoms with Crippen LogP contribution in [0, 0.1) is 5.92 Å². The van der Waals surface area contributed by atoms with Crippen LogP contribution in [0.2, 0.25) is 5.02 Å². The van der Waals surface area contributed by atoms with Gasteiger partial charge in [0.15, 0.2) is 0 Å². The predicted octanol–water partition coefficient (Wildman–Crippen LogP) is 2.30. The Kier molecular flexibility index (Phi) is 4.91. The second-order valence-corrected chi connectivity index (χ2v) is 7.38. The van der Waals surface area contributed by atoms with Gasteiger partial charge in [-0.15, -0.1) is 0 Å². The molecule has 1 atom stereocenters. The molecule has 1 aromatic rings. The third-order valence-corrected chi connectivity index (χ3v) is 5.04. The Hall–Kier alpha value is -1.11.